The number of carbonyl (C=O) groups is 1. The molecule has 1 aromatic heterocycles. The third-order valence-electron chi connectivity index (χ3n) is 3.61. The van der Waals surface area contributed by atoms with Gasteiger partial charge in [-0.15, -0.1) is 0 Å². The predicted molar refractivity (Wildman–Crippen MR) is 81.3 cm³/mol. The first-order chi connectivity index (χ1) is 10.2. The van der Waals surface area contributed by atoms with Crippen LogP contribution in [0.3, 0.4) is 0 Å². The van der Waals surface area contributed by atoms with Gasteiger partial charge in [0.15, 0.2) is 6.29 Å². The normalized spacial score (nSPS) is 10.6. The van der Waals surface area contributed by atoms with Crippen molar-refractivity contribution in [3.05, 3.63) is 77.9 Å². The van der Waals surface area contributed by atoms with E-state index < -0.39 is 0 Å². The predicted octanol–water partition coefficient (Wildman–Crippen LogP) is 4.40. The van der Waals surface area contributed by atoms with Crippen molar-refractivity contribution in [3.8, 4) is 16.8 Å². The Balaban J connectivity index is 2.18. The van der Waals surface area contributed by atoms with Crippen LogP contribution in [0.5, 0.6) is 0 Å². The number of aldehydes is 1. The van der Waals surface area contributed by atoms with E-state index in [-0.39, 0.29) is 5.82 Å². The molecule has 3 rings (SSSR count). The number of aromatic nitrogens is 1. The number of halogens is 1. The summed E-state index contributed by atoms with van der Waals surface area (Å²) < 4.78 is 15.0. The molecule has 0 N–H and O–H groups in total. The summed E-state index contributed by atoms with van der Waals surface area (Å²) in [6.07, 6.45) is 2.77. The third-order valence-corrected chi connectivity index (χ3v) is 3.61. The van der Waals surface area contributed by atoms with Gasteiger partial charge in [0.05, 0.1) is 0 Å². The molecule has 3 heteroatoms. The van der Waals surface area contributed by atoms with E-state index in [0.717, 1.165) is 28.8 Å². The van der Waals surface area contributed by atoms with Crippen LogP contribution in [-0.2, 0) is 0 Å². The first kappa shape index (κ1) is 13.3. The maximum Gasteiger partial charge on any atom is 0.152 e. The molecular formula is C18H14FNO. The highest BCUT2D eigenvalue weighted by Gasteiger charge is 2.14. The molecule has 0 amide bonds. The van der Waals surface area contributed by atoms with Crippen LogP contribution < -0.4 is 0 Å². The molecule has 21 heavy (non-hydrogen) atoms. The summed E-state index contributed by atoms with van der Waals surface area (Å²) in [5, 5.41) is 0. The van der Waals surface area contributed by atoms with Crippen molar-refractivity contribution >= 4 is 6.29 Å². The molecule has 0 bridgehead atoms. The first-order valence-electron chi connectivity index (χ1n) is 6.69. The monoisotopic (exact) mass is 279 g/mol. The molecular weight excluding hydrogens is 265 g/mol. The maximum atomic E-state index is 13.1. The van der Waals surface area contributed by atoms with E-state index >= 15 is 0 Å². The van der Waals surface area contributed by atoms with Gasteiger partial charge in [-0.3, -0.25) is 4.79 Å². The fourth-order valence-electron chi connectivity index (χ4n) is 2.49. The van der Waals surface area contributed by atoms with Gasteiger partial charge in [-0.1, -0.05) is 30.3 Å². The van der Waals surface area contributed by atoms with Gasteiger partial charge in [0, 0.05) is 28.7 Å². The van der Waals surface area contributed by atoms with Gasteiger partial charge in [0.25, 0.3) is 0 Å². The number of hydrogen-bond donors (Lipinski definition) is 0. The molecule has 1 heterocycles. The van der Waals surface area contributed by atoms with E-state index in [4.69, 9.17) is 0 Å². The Hall–Kier alpha value is -2.68. The molecule has 0 unspecified atom stereocenters. The molecule has 0 fully saturated rings. The van der Waals surface area contributed by atoms with Gasteiger partial charge in [-0.05, 0) is 36.8 Å². The summed E-state index contributed by atoms with van der Waals surface area (Å²) in [6, 6.07) is 16.0. The van der Waals surface area contributed by atoms with E-state index in [1.54, 1.807) is 12.1 Å². The molecule has 2 nitrogen and oxygen atoms in total. The standard InChI is InChI=1S/C18H14FNO/c1-13-18(12-21)17(14-7-9-15(19)10-8-14)11-20(13)16-5-3-2-4-6-16/h2-12H,1H3. The Morgan fingerprint density at radius 2 is 1.67 bits per heavy atom. The molecule has 0 saturated carbocycles. The second kappa shape index (κ2) is 5.37. The van der Waals surface area contributed by atoms with Gasteiger partial charge in [0.1, 0.15) is 5.82 Å². The van der Waals surface area contributed by atoms with Crippen molar-refractivity contribution in [2.24, 2.45) is 0 Å². The van der Waals surface area contributed by atoms with Crippen LogP contribution in [0.4, 0.5) is 4.39 Å². The number of para-hydroxylation sites is 1. The summed E-state index contributed by atoms with van der Waals surface area (Å²) in [7, 11) is 0. The number of benzene rings is 2. The second-order valence-electron chi connectivity index (χ2n) is 4.87. The molecule has 0 aliphatic heterocycles. The van der Waals surface area contributed by atoms with Gasteiger partial charge in [-0.25, -0.2) is 4.39 Å². The average molecular weight is 279 g/mol. The number of nitrogens with zero attached hydrogens (tertiary/aromatic N) is 1. The van der Waals surface area contributed by atoms with Crippen LogP contribution in [0.2, 0.25) is 0 Å². The molecule has 104 valence electrons. The molecule has 0 spiro atoms. The molecule has 0 aliphatic carbocycles. The van der Waals surface area contributed by atoms with Crippen molar-refractivity contribution in [3.63, 3.8) is 0 Å². The second-order valence-corrected chi connectivity index (χ2v) is 4.87. The van der Waals surface area contributed by atoms with Crippen molar-refractivity contribution in [1.29, 1.82) is 0 Å². The molecule has 0 atom stereocenters. The molecule has 0 radical (unpaired) electrons. The van der Waals surface area contributed by atoms with E-state index in [1.165, 1.54) is 12.1 Å². The molecule has 0 saturated heterocycles. The summed E-state index contributed by atoms with van der Waals surface area (Å²) in [4.78, 5) is 11.4. The van der Waals surface area contributed by atoms with Gasteiger partial charge >= 0.3 is 0 Å². The zero-order chi connectivity index (χ0) is 14.8. The van der Waals surface area contributed by atoms with E-state index in [0.29, 0.717) is 5.56 Å². The largest absolute Gasteiger partial charge is 0.320 e. The summed E-state index contributed by atoms with van der Waals surface area (Å²) in [6.45, 7) is 1.91. The molecule has 0 aliphatic rings. The Morgan fingerprint density at radius 3 is 2.29 bits per heavy atom. The van der Waals surface area contributed by atoms with Gasteiger partial charge < -0.3 is 4.57 Å². The highest BCUT2D eigenvalue weighted by atomic mass is 19.1. The summed E-state index contributed by atoms with van der Waals surface area (Å²) >= 11 is 0. The quantitative estimate of drug-likeness (QED) is 0.651. The number of rotatable bonds is 3. The lowest BCUT2D eigenvalue weighted by Crippen LogP contribution is -1.95. The van der Waals surface area contributed by atoms with Gasteiger partial charge in [-0.2, -0.15) is 0 Å². The Kier molecular flexibility index (Phi) is 3.40. The Labute approximate surface area is 122 Å². The van der Waals surface area contributed by atoms with E-state index in [9.17, 15) is 9.18 Å². The first-order valence-corrected chi connectivity index (χ1v) is 6.69. The van der Waals surface area contributed by atoms with Crippen LogP contribution in [0, 0.1) is 12.7 Å². The van der Waals surface area contributed by atoms with Crippen LogP contribution in [0.15, 0.2) is 60.8 Å². The van der Waals surface area contributed by atoms with Gasteiger partial charge in [0.2, 0.25) is 0 Å². The Morgan fingerprint density at radius 1 is 1.00 bits per heavy atom. The highest BCUT2D eigenvalue weighted by Crippen LogP contribution is 2.29. The Bertz CT molecular complexity index is 773. The zero-order valence-electron chi connectivity index (χ0n) is 11.6. The SMILES string of the molecule is Cc1c(C=O)c(-c2ccc(F)cc2)cn1-c1ccccc1. The van der Waals surface area contributed by atoms with Crippen LogP contribution in [0.25, 0.3) is 16.8 Å². The number of carbonyl (C=O) groups excluding carboxylic acids is 1. The summed E-state index contributed by atoms with van der Waals surface area (Å²) in [5.74, 6) is -0.286. The highest BCUT2D eigenvalue weighted by molar-refractivity contribution is 5.89. The zero-order valence-corrected chi connectivity index (χ0v) is 11.6. The minimum atomic E-state index is -0.286. The fraction of sp³-hybridized carbons (Fsp3) is 0.0556. The minimum absolute atomic E-state index is 0.286. The minimum Gasteiger partial charge on any atom is -0.320 e. The smallest absolute Gasteiger partial charge is 0.152 e. The third kappa shape index (κ3) is 2.38. The lowest BCUT2D eigenvalue weighted by atomic mass is 10.0. The molecule has 2 aromatic carbocycles. The summed E-state index contributed by atoms with van der Waals surface area (Å²) in [5.41, 5.74) is 4.13. The number of hydrogen-bond acceptors (Lipinski definition) is 1. The van der Waals surface area contributed by atoms with Crippen molar-refractivity contribution in [2.75, 3.05) is 0 Å². The molecule has 3 aromatic rings. The maximum absolute atomic E-state index is 13.1. The fourth-order valence-corrected chi connectivity index (χ4v) is 2.49. The topological polar surface area (TPSA) is 22.0 Å². The average Bonchev–Trinajstić information content (AvgIpc) is 2.85. The van der Waals surface area contributed by atoms with Crippen LogP contribution in [0.1, 0.15) is 16.1 Å². The lowest BCUT2D eigenvalue weighted by Gasteiger charge is -2.05. The van der Waals surface area contributed by atoms with E-state index in [1.807, 2.05) is 48.0 Å². The van der Waals surface area contributed by atoms with Crippen LogP contribution in [-0.4, -0.2) is 10.9 Å². The van der Waals surface area contributed by atoms with Crippen molar-refractivity contribution in [1.82, 2.24) is 4.57 Å². The lowest BCUT2D eigenvalue weighted by molar-refractivity contribution is 0.112. The van der Waals surface area contributed by atoms with E-state index in [2.05, 4.69) is 0 Å². The van der Waals surface area contributed by atoms with Crippen molar-refractivity contribution < 1.29 is 9.18 Å². The van der Waals surface area contributed by atoms with Crippen LogP contribution >= 0.6 is 0 Å². The van der Waals surface area contributed by atoms with Crippen molar-refractivity contribution in [2.45, 2.75) is 6.92 Å².